The van der Waals surface area contributed by atoms with Crippen molar-refractivity contribution < 1.29 is 0 Å². The Morgan fingerprint density at radius 2 is 1.10 bits per heavy atom. The summed E-state index contributed by atoms with van der Waals surface area (Å²) in [5, 5.41) is 2.59. The van der Waals surface area contributed by atoms with Crippen LogP contribution in [0.1, 0.15) is 77.6 Å². The molecule has 0 atom stereocenters. The summed E-state index contributed by atoms with van der Waals surface area (Å²) in [6.07, 6.45) is 14.6. The van der Waals surface area contributed by atoms with Crippen LogP contribution < -0.4 is 0 Å². The van der Waals surface area contributed by atoms with Crippen LogP contribution in [-0.4, -0.2) is 4.57 Å². The van der Waals surface area contributed by atoms with Crippen molar-refractivity contribution in [1.29, 1.82) is 0 Å². The lowest BCUT2D eigenvalue weighted by Crippen LogP contribution is -1.94. The fraction of sp³-hybridized carbons (Fsp3) is 0.448. The first kappa shape index (κ1) is 22.1. The fourth-order valence-electron chi connectivity index (χ4n) is 4.14. The average molecular weight is 398 g/mol. The minimum atomic E-state index is 0.682. The van der Waals surface area contributed by atoms with E-state index in [0.29, 0.717) is 6.54 Å². The topological polar surface area (TPSA) is 4.93 Å². The quantitative estimate of drug-likeness (QED) is 0.227. The number of unbranched alkanes of at least 4 members (excludes halogenated alkanes) is 10. The van der Waals surface area contributed by atoms with E-state index in [-0.39, 0.29) is 0 Å². The largest absolute Gasteiger partial charge is 0.329 e. The second-order valence-electron chi connectivity index (χ2n) is 8.16. The molecular weight excluding hydrogens is 362 g/mol. The molecule has 0 saturated heterocycles. The van der Waals surface area contributed by atoms with Crippen molar-refractivity contribution in [3.05, 3.63) is 48.5 Å². The molecule has 0 aliphatic heterocycles. The SMILES string of the molecule is CCCCCCCCCCCCC#CC#CCn1c2ccccc2c2ccccc21. The van der Waals surface area contributed by atoms with Crippen LogP contribution in [-0.2, 0) is 6.54 Å². The molecule has 0 spiro atoms. The van der Waals surface area contributed by atoms with Crippen LogP contribution in [0.5, 0.6) is 0 Å². The Morgan fingerprint density at radius 1 is 0.600 bits per heavy atom. The summed E-state index contributed by atoms with van der Waals surface area (Å²) in [6.45, 7) is 2.96. The van der Waals surface area contributed by atoms with E-state index in [1.54, 1.807) is 0 Å². The van der Waals surface area contributed by atoms with Gasteiger partial charge in [0.1, 0.15) is 0 Å². The van der Waals surface area contributed by atoms with Crippen molar-refractivity contribution >= 4 is 21.8 Å². The maximum atomic E-state index is 3.25. The predicted molar refractivity (Wildman–Crippen MR) is 131 cm³/mol. The molecule has 0 amide bonds. The average Bonchev–Trinajstić information content (AvgIpc) is 3.10. The van der Waals surface area contributed by atoms with E-state index >= 15 is 0 Å². The Hall–Kier alpha value is -2.64. The Kier molecular flexibility index (Phi) is 9.43. The van der Waals surface area contributed by atoms with Gasteiger partial charge >= 0.3 is 0 Å². The first-order chi connectivity index (χ1) is 14.9. The number of rotatable bonds is 11. The molecule has 0 radical (unpaired) electrons. The molecule has 156 valence electrons. The third-order valence-electron chi connectivity index (χ3n) is 5.81. The summed E-state index contributed by atoms with van der Waals surface area (Å²) in [4.78, 5) is 0. The molecular formula is C29H35N. The van der Waals surface area contributed by atoms with Crippen LogP contribution in [0.4, 0.5) is 0 Å². The lowest BCUT2D eigenvalue weighted by atomic mass is 10.1. The van der Waals surface area contributed by atoms with Gasteiger partial charge in [0.2, 0.25) is 0 Å². The van der Waals surface area contributed by atoms with Gasteiger partial charge in [-0.25, -0.2) is 0 Å². The molecule has 1 heterocycles. The number of hydrogen-bond donors (Lipinski definition) is 0. The Bertz CT molecular complexity index is 979. The smallest absolute Gasteiger partial charge is 0.0853 e. The van der Waals surface area contributed by atoms with Gasteiger partial charge in [0.15, 0.2) is 0 Å². The zero-order valence-electron chi connectivity index (χ0n) is 18.6. The van der Waals surface area contributed by atoms with E-state index in [0.717, 1.165) is 6.42 Å². The summed E-state index contributed by atoms with van der Waals surface area (Å²) < 4.78 is 2.29. The molecule has 2 aromatic carbocycles. The van der Waals surface area contributed by atoms with E-state index in [1.807, 2.05) is 0 Å². The summed E-state index contributed by atoms with van der Waals surface area (Å²) in [5.41, 5.74) is 2.48. The summed E-state index contributed by atoms with van der Waals surface area (Å²) in [7, 11) is 0. The highest BCUT2D eigenvalue weighted by atomic mass is 15.0. The molecule has 0 aliphatic carbocycles. The molecule has 0 fully saturated rings. The molecule has 0 aliphatic rings. The second kappa shape index (κ2) is 12.8. The number of benzene rings is 2. The number of nitrogens with zero attached hydrogens (tertiary/aromatic N) is 1. The second-order valence-corrected chi connectivity index (χ2v) is 8.16. The summed E-state index contributed by atoms with van der Waals surface area (Å²) in [5.74, 6) is 12.6. The van der Waals surface area contributed by atoms with Crippen LogP contribution in [0.15, 0.2) is 48.5 Å². The maximum absolute atomic E-state index is 3.25. The lowest BCUT2D eigenvalue weighted by Gasteiger charge is -2.01. The van der Waals surface area contributed by atoms with Crippen molar-refractivity contribution in [3.8, 4) is 23.7 Å². The van der Waals surface area contributed by atoms with Gasteiger partial charge in [0.25, 0.3) is 0 Å². The zero-order valence-corrected chi connectivity index (χ0v) is 18.6. The van der Waals surface area contributed by atoms with Crippen molar-refractivity contribution in [1.82, 2.24) is 4.57 Å². The predicted octanol–water partition coefficient (Wildman–Crippen LogP) is 8.11. The normalized spacial score (nSPS) is 10.6. The van der Waals surface area contributed by atoms with Crippen molar-refractivity contribution in [2.24, 2.45) is 0 Å². The molecule has 1 nitrogen and oxygen atoms in total. The standard InChI is InChI=1S/C29H35N/c1-2-3-4-5-6-7-8-9-10-11-12-13-14-15-20-25-30-28-23-18-16-21-26(28)27-22-17-19-24-29(27)30/h16-19,21-24H,2-12,25H2,1H3. The third-order valence-corrected chi connectivity index (χ3v) is 5.81. The van der Waals surface area contributed by atoms with Crippen molar-refractivity contribution in [3.63, 3.8) is 0 Å². The number of hydrogen-bond acceptors (Lipinski definition) is 0. The summed E-state index contributed by atoms with van der Waals surface area (Å²) >= 11 is 0. The molecule has 3 aromatic rings. The maximum Gasteiger partial charge on any atom is 0.0853 e. The molecule has 0 saturated carbocycles. The molecule has 1 aromatic heterocycles. The Balaban J connectivity index is 1.38. The van der Waals surface area contributed by atoms with Gasteiger partial charge < -0.3 is 4.57 Å². The van der Waals surface area contributed by atoms with E-state index in [4.69, 9.17) is 0 Å². The van der Waals surface area contributed by atoms with Crippen molar-refractivity contribution in [2.75, 3.05) is 0 Å². The molecule has 1 heteroatoms. The number of fused-ring (bicyclic) bond motifs is 3. The highest BCUT2D eigenvalue weighted by Crippen LogP contribution is 2.28. The minimum Gasteiger partial charge on any atom is -0.329 e. The highest BCUT2D eigenvalue weighted by Gasteiger charge is 2.07. The minimum absolute atomic E-state index is 0.682. The van der Waals surface area contributed by atoms with E-state index in [1.165, 1.54) is 86.0 Å². The van der Waals surface area contributed by atoms with Crippen LogP contribution in [0, 0.1) is 23.7 Å². The van der Waals surface area contributed by atoms with Gasteiger partial charge in [-0.15, -0.1) is 0 Å². The first-order valence-electron chi connectivity index (χ1n) is 11.8. The van der Waals surface area contributed by atoms with E-state index in [2.05, 4.69) is 83.7 Å². The molecule has 30 heavy (non-hydrogen) atoms. The van der Waals surface area contributed by atoms with Crippen LogP contribution in [0.25, 0.3) is 21.8 Å². The van der Waals surface area contributed by atoms with E-state index < -0.39 is 0 Å². The lowest BCUT2D eigenvalue weighted by molar-refractivity contribution is 0.558. The zero-order chi connectivity index (χ0) is 20.9. The van der Waals surface area contributed by atoms with Gasteiger partial charge in [-0.1, -0.05) is 113 Å². The number of para-hydroxylation sites is 2. The molecule has 0 unspecified atom stereocenters. The van der Waals surface area contributed by atoms with E-state index in [9.17, 15) is 0 Å². The molecule has 0 N–H and O–H groups in total. The van der Waals surface area contributed by atoms with Crippen LogP contribution >= 0.6 is 0 Å². The van der Waals surface area contributed by atoms with Gasteiger partial charge in [-0.2, -0.15) is 0 Å². The van der Waals surface area contributed by atoms with Gasteiger partial charge in [-0.3, -0.25) is 0 Å². The molecule has 3 rings (SSSR count). The van der Waals surface area contributed by atoms with Crippen LogP contribution in [0.3, 0.4) is 0 Å². The molecule has 0 bridgehead atoms. The fourth-order valence-corrected chi connectivity index (χ4v) is 4.14. The Labute approximate surface area is 182 Å². The first-order valence-corrected chi connectivity index (χ1v) is 11.8. The number of aromatic nitrogens is 1. The highest BCUT2D eigenvalue weighted by molar-refractivity contribution is 6.08. The monoisotopic (exact) mass is 397 g/mol. The van der Waals surface area contributed by atoms with Gasteiger partial charge in [-0.05, 0) is 30.4 Å². The van der Waals surface area contributed by atoms with Gasteiger partial charge in [0, 0.05) is 28.2 Å². The summed E-state index contributed by atoms with van der Waals surface area (Å²) in [6, 6.07) is 17.1. The van der Waals surface area contributed by atoms with Crippen LogP contribution in [0.2, 0.25) is 0 Å². The third kappa shape index (κ3) is 6.43. The van der Waals surface area contributed by atoms with Crippen molar-refractivity contribution in [2.45, 2.75) is 84.1 Å². The Morgan fingerprint density at radius 3 is 1.70 bits per heavy atom. The van der Waals surface area contributed by atoms with Gasteiger partial charge in [0.05, 0.1) is 6.54 Å².